The summed E-state index contributed by atoms with van der Waals surface area (Å²) < 4.78 is 0. The lowest BCUT2D eigenvalue weighted by Gasteiger charge is -2.28. The number of carbonyl (C=O) groups excluding carboxylic acids is 1. The zero-order valence-electron chi connectivity index (χ0n) is 11.3. The number of hydrogen-bond acceptors (Lipinski definition) is 3. The molecule has 100 valence electrons. The van der Waals surface area contributed by atoms with Crippen LogP contribution >= 0.6 is 0 Å². The van der Waals surface area contributed by atoms with Crippen LogP contribution in [-0.2, 0) is 9.59 Å². The molecule has 0 heterocycles. The standard InChI is InChI=1S/C12H24N2O3/c1-6-7(2)8(11(16)17)14-10(15)9(13)12(3,4)5/h7-9H,6,13H2,1-5H3,(H,14,15)(H,16,17)/t7-,8-,9?/m0/s1. The number of hydrogen-bond donors (Lipinski definition) is 3. The largest absolute Gasteiger partial charge is 0.480 e. The number of carboxylic acids is 1. The second kappa shape index (κ2) is 6.00. The first-order chi connectivity index (χ1) is 7.61. The monoisotopic (exact) mass is 244 g/mol. The molecule has 0 aromatic rings. The van der Waals surface area contributed by atoms with E-state index in [-0.39, 0.29) is 11.3 Å². The second-order valence-electron chi connectivity index (χ2n) is 5.55. The number of nitrogens with one attached hydrogen (secondary N) is 1. The van der Waals surface area contributed by atoms with E-state index in [4.69, 9.17) is 10.8 Å². The van der Waals surface area contributed by atoms with E-state index < -0.39 is 24.0 Å². The van der Waals surface area contributed by atoms with Gasteiger partial charge >= 0.3 is 5.97 Å². The molecule has 0 aliphatic heterocycles. The van der Waals surface area contributed by atoms with Crippen LogP contribution < -0.4 is 11.1 Å². The molecule has 0 fully saturated rings. The molecule has 1 amide bonds. The van der Waals surface area contributed by atoms with Gasteiger partial charge in [0.1, 0.15) is 6.04 Å². The lowest BCUT2D eigenvalue weighted by atomic mass is 9.86. The fourth-order valence-electron chi connectivity index (χ4n) is 1.32. The van der Waals surface area contributed by atoms with E-state index in [0.717, 1.165) is 0 Å². The molecular formula is C12H24N2O3. The highest BCUT2D eigenvalue weighted by Crippen LogP contribution is 2.18. The third-order valence-corrected chi connectivity index (χ3v) is 2.99. The lowest BCUT2D eigenvalue weighted by Crippen LogP contribution is -2.54. The molecule has 0 aliphatic rings. The molecular weight excluding hydrogens is 220 g/mol. The highest BCUT2D eigenvalue weighted by molar-refractivity contribution is 5.87. The first-order valence-electron chi connectivity index (χ1n) is 5.90. The van der Waals surface area contributed by atoms with Gasteiger partial charge in [-0.05, 0) is 11.3 Å². The van der Waals surface area contributed by atoms with E-state index in [2.05, 4.69) is 5.32 Å². The van der Waals surface area contributed by atoms with Crippen molar-refractivity contribution in [2.45, 2.75) is 53.1 Å². The van der Waals surface area contributed by atoms with Gasteiger partial charge in [-0.1, -0.05) is 41.0 Å². The molecule has 17 heavy (non-hydrogen) atoms. The van der Waals surface area contributed by atoms with E-state index in [1.54, 1.807) is 6.92 Å². The molecule has 0 saturated heterocycles. The summed E-state index contributed by atoms with van der Waals surface area (Å²) in [5.41, 5.74) is 5.39. The zero-order valence-corrected chi connectivity index (χ0v) is 11.3. The minimum absolute atomic E-state index is 0.122. The minimum Gasteiger partial charge on any atom is -0.480 e. The van der Waals surface area contributed by atoms with Crippen LogP contribution in [0.1, 0.15) is 41.0 Å². The normalized spacial score (nSPS) is 17.1. The molecule has 0 radical (unpaired) electrons. The summed E-state index contributed by atoms with van der Waals surface area (Å²) in [6, 6.07) is -1.59. The molecule has 0 rings (SSSR count). The molecule has 0 aromatic heterocycles. The van der Waals surface area contributed by atoms with Gasteiger partial charge in [0.05, 0.1) is 6.04 Å². The number of carbonyl (C=O) groups is 2. The molecule has 5 heteroatoms. The van der Waals surface area contributed by atoms with Crippen LogP contribution in [0.2, 0.25) is 0 Å². The maximum Gasteiger partial charge on any atom is 0.326 e. The average Bonchev–Trinajstić information content (AvgIpc) is 2.21. The zero-order chi connectivity index (χ0) is 13.8. The minimum atomic E-state index is -1.02. The SMILES string of the molecule is CC[C@H](C)[C@H](NC(=O)C(N)C(C)(C)C)C(=O)O. The molecule has 5 nitrogen and oxygen atoms in total. The second-order valence-corrected chi connectivity index (χ2v) is 5.55. The Bertz CT molecular complexity index is 284. The Balaban J connectivity index is 4.68. The van der Waals surface area contributed by atoms with Crippen LogP contribution in [0, 0.1) is 11.3 Å². The van der Waals surface area contributed by atoms with Crippen molar-refractivity contribution < 1.29 is 14.7 Å². The molecule has 0 bridgehead atoms. The maximum atomic E-state index is 11.8. The number of amides is 1. The van der Waals surface area contributed by atoms with Crippen molar-refractivity contribution in [2.24, 2.45) is 17.1 Å². The molecule has 1 unspecified atom stereocenters. The quantitative estimate of drug-likeness (QED) is 0.672. The number of nitrogens with two attached hydrogens (primary N) is 1. The molecule has 0 spiro atoms. The van der Waals surface area contributed by atoms with Gasteiger partial charge in [0, 0.05) is 0 Å². The van der Waals surface area contributed by atoms with Crippen molar-refractivity contribution in [3.8, 4) is 0 Å². The van der Waals surface area contributed by atoms with Gasteiger partial charge in [-0.15, -0.1) is 0 Å². The van der Waals surface area contributed by atoms with Gasteiger partial charge in [0.2, 0.25) is 5.91 Å². The Morgan fingerprint density at radius 2 is 1.82 bits per heavy atom. The Kier molecular flexibility index (Phi) is 5.61. The summed E-state index contributed by atoms with van der Waals surface area (Å²) >= 11 is 0. The first kappa shape index (κ1) is 15.9. The average molecular weight is 244 g/mol. The Morgan fingerprint density at radius 3 is 2.12 bits per heavy atom. The summed E-state index contributed by atoms with van der Waals surface area (Å²) in [7, 11) is 0. The summed E-state index contributed by atoms with van der Waals surface area (Å²) in [6.45, 7) is 9.21. The highest BCUT2D eigenvalue weighted by Gasteiger charge is 2.32. The van der Waals surface area contributed by atoms with Crippen LogP contribution in [0.25, 0.3) is 0 Å². The van der Waals surface area contributed by atoms with Gasteiger partial charge in [-0.2, -0.15) is 0 Å². The summed E-state index contributed by atoms with van der Waals surface area (Å²) in [5, 5.41) is 11.6. The van der Waals surface area contributed by atoms with Gasteiger partial charge in [-0.3, -0.25) is 4.79 Å². The molecule has 0 saturated carbocycles. The number of rotatable bonds is 5. The van der Waals surface area contributed by atoms with Crippen molar-refractivity contribution in [1.29, 1.82) is 0 Å². The Hall–Kier alpha value is -1.10. The van der Waals surface area contributed by atoms with Crippen molar-refractivity contribution in [1.82, 2.24) is 5.32 Å². The van der Waals surface area contributed by atoms with Crippen LogP contribution in [0.4, 0.5) is 0 Å². The highest BCUT2D eigenvalue weighted by atomic mass is 16.4. The number of aliphatic carboxylic acids is 1. The maximum absolute atomic E-state index is 11.8. The molecule has 0 aromatic carbocycles. The number of carboxylic acid groups (broad SMARTS) is 1. The van der Waals surface area contributed by atoms with Gasteiger partial charge in [0.15, 0.2) is 0 Å². The first-order valence-corrected chi connectivity index (χ1v) is 5.90. The van der Waals surface area contributed by atoms with Crippen LogP contribution in [0.3, 0.4) is 0 Å². The van der Waals surface area contributed by atoms with Gasteiger partial charge in [-0.25, -0.2) is 4.79 Å². The van der Waals surface area contributed by atoms with Crippen molar-refractivity contribution in [2.75, 3.05) is 0 Å². The fourth-order valence-corrected chi connectivity index (χ4v) is 1.32. The smallest absolute Gasteiger partial charge is 0.326 e. The predicted octanol–water partition coefficient (Wildman–Crippen LogP) is 0.975. The molecule has 0 aliphatic carbocycles. The van der Waals surface area contributed by atoms with E-state index in [9.17, 15) is 9.59 Å². The molecule has 3 atom stereocenters. The van der Waals surface area contributed by atoms with Gasteiger partial charge in [0.25, 0.3) is 0 Å². The van der Waals surface area contributed by atoms with Crippen molar-refractivity contribution in [3.63, 3.8) is 0 Å². The van der Waals surface area contributed by atoms with Crippen LogP contribution in [0.15, 0.2) is 0 Å². The molecule has 4 N–H and O–H groups in total. The van der Waals surface area contributed by atoms with E-state index in [0.29, 0.717) is 6.42 Å². The van der Waals surface area contributed by atoms with Crippen LogP contribution in [-0.4, -0.2) is 29.1 Å². The Labute approximate surface area is 103 Å². The van der Waals surface area contributed by atoms with E-state index >= 15 is 0 Å². The Morgan fingerprint density at radius 1 is 1.35 bits per heavy atom. The summed E-state index contributed by atoms with van der Waals surface area (Å²) in [4.78, 5) is 22.9. The van der Waals surface area contributed by atoms with E-state index in [1.165, 1.54) is 0 Å². The van der Waals surface area contributed by atoms with Gasteiger partial charge < -0.3 is 16.2 Å². The third-order valence-electron chi connectivity index (χ3n) is 2.99. The van der Waals surface area contributed by atoms with Crippen molar-refractivity contribution in [3.05, 3.63) is 0 Å². The van der Waals surface area contributed by atoms with Crippen molar-refractivity contribution >= 4 is 11.9 Å². The van der Waals surface area contributed by atoms with E-state index in [1.807, 2.05) is 27.7 Å². The third kappa shape index (κ3) is 4.73. The fraction of sp³-hybridized carbons (Fsp3) is 0.833. The summed E-state index contributed by atoms with van der Waals surface area (Å²) in [5.74, 6) is -1.55. The summed E-state index contributed by atoms with van der Waals surface area (Å²) in [6.07, 6.45) is 0.683. The topological polar surface area (TPSA) is 92.4 Å². The predicted molar refractivity (Wildman–Crippen MR) is 66.5 cm³/mol. The van der Waals surface area contributed by atoms with Crippen LogP contribution in [0.5, 0.6) is 0 Å². The lowest BCUT2D eigenvalue weighted by molar-refractivity contribution is -0.143.